The van der Waals surface area contributed by atoms with Crippen molar-refractivity contribution >= 4 is 5.91 Å². The van der Waals surface area contributed by atoms with Crippen LogP contribution in [-0.2, 0) is 9.53 Å². The molecule has 5 heteroatoms. The van der Waals surface area contributed by atoms with Crippen molar-refractivity contribution in [3.63, 3.8) is 0 Å². The van der Waals surface area contributed by atoms with Crippen LogP contribution in [0.2, 0.25) is 0 Å². The molecule has 1 saturated heterocycles. The molecule has 0 saturated carbocycles. The van der Waals surface area contributed by atoms with E-state index >= 15 is 0 Å². The molecule has 3 atom stereocenters. The van der Waals surface area contributed by atoms with Gasteiger partial charge in [-0.1, -0.05) is 20.8 Å². The van der Waals surface area contributed by atoms with Crippen LogP contribution < -0.4 is 5.32 Å². The first-order valence-electron chi connectivity index (χ1n) is 10.2. The lowest BCUT2D eigenvalue weighted by atomic mass is 9.83. The van der Waals surface area contributed by atoms with Gasteiger partial charge in [-0.05, 0) is 37.7 Å². The number of nitrogens with one attached hydrogen (secondary N) is 1. The maximum atomic E-state index is 12.4. The van der Waals surface area contributed by atoms with Crippen LogP contribution in [0.1, 0.15) is 53.9 Å². The average molecular weight is 364 g/mol. The molecular formula is C21H37N3O2. The quantitative estimate of drug-likeness (QED) is 0.834. The number of methoxy groups -OCH3 is 1. The summed E-state index contributed by atoms with van der Waals surface area (Å²) >= 11 is 0. The highest BCUT2D eigenvalue weighted by Crippen LogP contribution is 2.35. The van der Waals surface area contributed by atoms with Crippen LogP contribution in [0.3, 0.4) is 0 Å². The van der Waals surface area contributed by atoms with Crippen LogP contribution >= 0.6 is 0 Å². The van der Waals surface area contributed by atoms with Crippen LogP contribution in [0.15, 0.2) is 11.3 Å². The summed E-state index contributed by atoms with van der Waals surface area (Å²) in [5, 5.41) is 3.67. The lowest BCUT2D eigenvalue weighted by Crippen LogP contribution is -2.64. The minimum absolute atomic E-state index is 0.0706. The predicted octanol–water partition coefficient (Wildman–Crippen LogP) is 2.63. The molecule has 0 aliphatic carbocycles. The molecule has 26 heavy (non-hydrogen) atoms. The monoisotopic (exact) mass is 363 g/mol. The van der Waals surface area contributed by atoms with Crippen LogP contribution in [0.5, 0.6) is 0 Å². The van der Waals surface area contributed by atoms with Gasteiger partial charge in [-0.3, -0.25) is 9.69 Å². The molecule has 1 amide bonds. The van der Waals surface area contributed by atoms with E-state index in [1.54, 1.807) is 5.57 Å². The minimum Gasteiger partial charge on any atom is -0.388 e. The van der Waals surface area contributed by atoms with Crippen molar-refractivity contribution in [2.45, 2.75) is 72.1 Å². The van der Waals surface area contributed by atoms with Crippen molar-refractivity contribution in [2.24, 2.45) is 11.3 Å². The molecule has 0 spiro atoms. The van der Waals surface area contributed by atoms with E-state index in [2.05, 4.69) is 44.8 Å². The minimum atomic E-state index is 0.0706. The Morgan fingerprint density at radius 1 is 1.35 bits per heavy atom. The number of rotatable bonds is 4. The molecule has 0 aromatic heterocycles. The van der Waals surface area contributed by atoms with Gasteiger partial charge in [0, 0.05) is 63.4 Å². The maximum Gasteiger partial charge on any atom is 0.223 e. The van der Waals surface area contributed by atoms with Gasteiger partial charge in [0.15, 0.2) is 0 Å². The largest absolute Gasteiger partial charge is 0.388 e. The standard InChI is InChI=1S/C21H37N3O2/c1-14-18-9-16(15(2)26-6)11-22-19(18)7-8-24(14)17-12-23(13-17)20(25)10-21(3,4)5/h14-17,22H,7-13H2,1-6H3/t14-,15+,16+/m1/s1. The third-order valence-electron chi connectivity index (χ3n) is 6.47. The molecule has 0 bridgehead atoms. The number of hydrogen-bond donors (Lipinski definition) is 1. The van der Waals surface area contributed by atoms with Crippen molar-refractivity contribution in [3.8, 4) is 0 Å². The average Bonchev–Trinajstić information content (AvgIpc) is 2.53. The van der Waals surface area contributed by atoms with E-state index in [1.807, 2.05) is 12.0 Å². The summed E-state index contributed by atoms with van der Waals surface area (Å²) < 4.78 is 5.57. The van der Waals surface area contributed by atoms with E-state index < -0.39 is 0 Å². The van der Waals surface area contributed by atoms with E-state index in [4.69, 9.17) is 4.74 Å². The van der Waals surface area contributed by atoms with E-state index in [1.165, 1.54) is 5.70 Å². The molecule has 0 unspecified atom stereocenters. The van der Waals surface area contributed by atoms with Crippen molar-refractivity contribution in [1.82, 2.24) is 15.1 Å². The number of likely N-dealkylation sites (tertiary alicyclic amines) is 1. The smallest absolute Gasteiger partial charge is 0.223 e. The highest BCUT2D eigenvalue weighted by Gasteiger charge is 2.41. The number of nitrogens with zero attached hydrogens (tertiary/aromatic N) is 2. The Balaban J connectivity index is 1.57. The fourth-order valence-electron chi connectivity index (χ4n) is 4.61. The summed E-state index contributed by atoms with van der Waals surface area (Å²) in [4.78, 5) is 17.1. The van der Waals surface area contributed by atoms with Crippen LogP contribution in [0, 0.1) is 11.3 Å². The molecule has 0 radical (unpaired) electrons. The summed E-state index contributed by atoms with van der Waals surface area (Å²) in [7, 11) is 1.81. The van der Waals surface area contributed by atoms with E-state index in [0.717, 1.165) is 39.0 Å². The third kappa shape index (κ3) is 4.09. The molecule has 5 nitrogen and oxygen atoms in total. The third-order valence-corrected chi connectivity index (χ3v) is 6.47. The first-order chi connectivity index (χ1) is 12.2. The van der Waals surface area contributed by atoms with Crippen LogP contribution in [0.25, 0.3) is 0 Å². The zero-order valence-electron chi connectivity index (χ0n) is 17.5. The van der Waals surface area contributed by atoms with E-state index in [-0.39, 0.29) is 11.5 Å². The van der Waals surface area contributed by atoms with Gasteiger partial charge in [-0.15, -0.1) is 0 Å². The summed E-state index contributed by atoms with van der Waals surface area (Å²) in [6.45, 7) is 14.8. The normalized spacial score (nSPS) is 29.1. The second-order valence-electron chi connectivity index (χ2n) is 9.64. The lowest BCUT2D eigenvalue weighted by molar-refractivity contribution is -0.141. The second-order valence-corrected chi connectivity index (χ2v) is 9.64. The van der Waals surface area contributed by atoms with E-state index in [0.29, 0.717) is 30.3 Å². The highest BCUT2D eigenvalue weighted by atomic mass is 16.5. The van der Waals surface area contributed by atoms with Gasteiger partial charge in [-0.2, -0.15) is 0 Å². The molecule has 3 aliphatic rings. The van der Waals surface area contributed by atoms with Crippen LogP contribution in [-0.4, -0.2) is 67.2 Å². The van der Waals surface area contributed by atoms with Gasteiger partial charge in [0.1, 0.15) is 0 Å². The van der Waals surface area contributed by atoms with Crippen molar-refractivity contribution in [2.75, 3.05) is 33.3 Å². The summed E-state index contributed by atoms with van der Waals surface area (Å²) in [6, 6.07) is 0.978. The molecule has 1 N–H and O–H groups in total. The number of amides is 1. The number of ether oxygens (including phenoxy) is 1. The van der Waals surface area contributed by atoms with E-state index in [9.17, 15) is 4.79 Å². The summed E-state index contributed by atoms with van der Waals surface area (Å²) in [6.07, 6.45) is 3.17. The van der Waals surface area contributed by atoms with Gasteiger partial charge >= 0.3 is 0 Å². The second kappa shape index (κ2) is 7.51. The van der Waals surface area contributed by atoms with Crippen molar-refractivity contribution in [1.29, 1.82) is 0 Å². The van der Waals surface area contributed by atoms with Gasteiger partial charge in [0.25, 0.3) is 0 Å². The fraction of sp³-hybridized carbons (Fsp3) is 0.857. The Labute approximate surface area is 159 Å². The topological polar surface area (TPSA) is 44.8 Å². The zero-order chi connectivity index (χ0) is 19.1. The molecule has 0 aromatic carbocycles. The Hall–Kier alpha value is -1.07. The lowest BCUT2D eigenvalue weighted by Gasteiger charge is -2.51. The Morgan fingerprint density at radius 2 is 2.04 bits per heavy atom. The Bertz CT molecular complexity index is 560. The predicted molar refractivity (Wildman–Crippen MR) is 105 cm³/mol. The molecule has 1 fully saturated rings. The van der Waals surface area contributed by atoms with Crippen molar-refractivity contribution < 1.29 is 9.53 Å². The molecule has 0 aromatic rings. The van der Waals surface area contributed by atoms with Crippen LogP contribution in [0.4, 0.5) is 0 Å². The molecule has 3 aliphatic heterocycles. The van der Waals surface area contributed by atoms with Gasteiger partial charge in [0.2, 0.25) is 5.91 Å². The first kappa shape index (κ1) is 19.7. The summed E-state index contributed by atoms with van der Waals surface area (Å²) in [5.74, 6) is 0.860. The van der Waals surface area contributed by atoms with Crippen molar-refractivity contribution in [3.05, 3.63) is 11.3 Å². The molecule has 3 rings (SSSR count). The fourth-order valence-corrected chi connectivity index (χ4v) is 4.61. The Kier molecular flexibility index (Phi) is 5.69. The van der Waals surface area contributed by atoms with Gasteiger partial charge < -0.3 is 15.0 Å². The van der Waals surface area contributed by atoms with Gasteiger partial charge in [-0.25, -0.2) is 0 Å². The number of carbonyl (C=O) groups excluding carboxylic acids is 1. The highest BCUT2D eigenvalue weighted by molar-refractivity contribution is 5.77. The number of hydrogen-bond acceptors (Lipinski definition) is 4. The molecular weight excluding hydrogens is 326 g/mol. The maximum absolute atomic E-state index is 12.4. The van der Waals surface area contributed by atoms with Gasteiger partial charge in [0.05, 0.1) is 6.10 Å². The number of carbonyl (C=O) groups is 1. The zero-order valence-corrected chi connectivity index (χ0v) is 17.5. The summed E-state index contributed by atoms with van der Waals surface area (Å²) in [5.41, 5.74) is 3.10. The first-order valence-corrected chi connectivity index (χ1v) is 10.2. The Morgan fingerprint density at radius 3 is 2.65 bits per heavy atom. The molecule has 148 valence electrons. The molecule has 3 heterocycles. The SMILES string of the molecule is CO[C@@H](C)[C@@H]1CNC2=C(C1)[C@@H](C)N(C1CN(C(=O)CC(C)(C)C)C1)CC2.